The summed E-state index contributed by atoms with van der Waals surface area (Å²) in [5, 5.41) is 3.33. The van der Waals surface area contributed by atoms with Gasteiger partial charge in [0.1, 0.15) is 5.75 Å². The predicted octanol–water partition coefficient (Wildman–Crippen LogP) is 3.16. The standard InChI is InChI=1S/C18H19NO2/c1-2-21-15-9-7-14(8-10-15)18(20)17-16-6-4-3-5-13(16)11-12-19-17/h3-10,17,19H,2,11-12H2,1H3. The largest absolute Gasteiger partial charge is 0.494 e. The molecule has 0 aliphatic carbocycles. The van der Waals surface area contributed by atoms with E-state index in [-0.39, 0.29) is 11.8 Å². The van der Waals surface area contributed by atoms with Crippen LogP contribution in [0.25, 0.3) is 0 Å². The number of benzene rings is 2. The first-order valence-corrected chi connectivity index (χ1v) is 7.38. The van der Waals surface area contributed by atoms with Crippen LogP contribution in [0, 0.1) is 0 Å². The zero-order valence-electron chi connectivity index (χ0n) is 12.1. The summed E-state index contributed by atoms with van der Waals surface area (Å²) in [6.45, 7) is 3.41. The Labute approximate surface area is 124 Å². The summed E-state index contributed by atoms with van der Waals surface area (Å²) in [4.78, 5) is 12.7. The van der Waals surface area contributed by atoms with Crippen molar-refractivity contribution < 1.29 is 9.53 Å². The summed E-state index contributed by atoms with van der Waals surface area (Å²) in [6.07, 6.45) is 0.975. The van der Waals surface area contributed by atoms with Crippen molar-refractivity contribution in [3.8, 4) is 5.75 Å². The van der Waals surface area contributed by atoms with Crippen molar-refractivity contribution in [1.82, 2.24) is 5.32 Å². The number of Topliss-reactive ketones (excluding diaryl/α,β-unsaturated/α-hetero) is 1. The van der Waals surface area contributed by atoms with Crippen molar-refractivity contribution in [2.24, 2.45) is 0 Å². The third kappa shape index (κ3) is 2.83. The molecule has 108 valence electrons. The highest BCUT2D eigenvalue weighted by atomic mass is 16.5. The van der Waals surface area contributed by atoms with Gasteiger partial charge in [0.25, 0.3) is 0 Å². The number of nitrogens with one attached hydrogen (secondary N) is 1. The number of ketones is 1. The van der Waals surface area contributed by atoms with Gasteiger partial charge in [-0.15, -0.1) is 0 Å². The lowest BCUT2D eigenvalue weighted by Gasteiger charge is -2.25. The maximum atomic E-state index is 12.7. The van der Waals surface area contributed by atoms with Gasteiger partial charge in [-0.25, -0.2) is 0 Å². The van der Waals surface area contributed by atoms with E-state index in [1.54, 1.807) is 0 Å². The van der Waals surface area contributed by atoms with Gasteiger partial charge in [0.2, 0.25) is 0 Å². The van der Waals surface area contributed by atoms with Crippen LogP contribution in [0.2, 0.25) is 0 Å². The molecule has 1 aliphatic heterocycles. The molecule has 3 rings (SSSR count). The van der Waals surface area contributed by atoms with Gasteiger partial charge in [0.15, 0.2) is 5.78 Å². The quantitative estimate of drug-likeness (QED) is 0.875. The lowest BCUT2D eigenvalue weighted by atomic mass is 9.89. The average Bonchev–Trinajstić information content (AvgIpc) is 2.55. The highest BCUT2D eigenvalue weighted by Gasteiger charge is 2.26. The normalized spacial score (nSPS) is 17.1. The second kappa shape index (κ2) is 6.10. The van der Waals surface area contributed by atoms with Crippen molar-refractivity contribution in [1.29, 1.82) is 0 Å². The highest BCUT2D eigenvalue weighted by molar-refractivity contribution is 6.01. The molecule has 0 amide bonds. The monoisotopic (exact) mass is 281 g/mol. The maximum absolute atomic E-state index is 12.7. The molecule has 1 N–H and O–H groups in total. The molecule has 2 aromatic rings. The van der Waals surface area contributed by atoms with Gasteiger partial charge >= 0.3 is 0 Å². The third-order valence-electron chi connectivity index (χ3n) is 3.82. The van der Waals surface area contributed by atoms with E-state index >= 15 is 0 Å². The number of carbonyl (C=O) groups is 1. The Morgan fingerprint density at radius 2 is 1.95 bits per heavy atom. The maximum Gasteiger partial charge on any atom is 0.184 e. The summed E-state index contributed by atoms with van der Waals surface area (Å²) in [5.74, 6) is 0.913. The van der Waals surface area contributed by atoms with Crippen LogP contribution >= 0.6 is 0 Å². The molecular formula is C18H19NO2. The van der Waals surface area contributed by atoms with Crippen LogP contribution in [0.3, 0.4) is 0 Å². The number of rotatable bonds is 4. The van der Waals surface area contributed by atoms with Gasteiger partial charge in [0, 0.05) is 12.1 Å². The molecule has 2 aromatic carbocycles. The lowest BCUT2D eigenvalue weighted by Crippen LogP contribution is -2.35. The van der Waals surface area contributed by atoms with Crippen molar-refractivity contribution >= 4 is 5.78 Å². The Balaban J connectivity index is 1.86. The molecule has 0 fully saturated rings. The number of carbonyl (C=O) groups excluding carboxylic acids is 1. The topological polar surface area (TPSA) is 38.3 Å². The Morgan fingerprint density at radius 1 is 1.19 bits per heavy atom. The zero-order valence-corrected chi connectivity index (χ0v) is 12.1. The van der Waals surface area contributed by atoms with Gasteiger partial charge in [-0.3, -0.25) is 4.79 Å². The molecule has 1 heterocycles. The number of hydrogen-bond donors (Lipinski definition) is 1. The first-order chi connectivity index (χ1) is 10.3. The van der Waals surface area contributed by atoms with Crippen LogP contribution in [-0.2, 0) is 6.42 Å². The SMILES string of the molecule is CCOc1ccc(C(=O)C2NCCc3ccccc32)cc1. The molecule has 1 aliphatic rings. The van der Waals surface area contributed by atoms with E-state index in [1.807, 2.05) is 49.4 Å². The molecule has 0 saturated heterocycles. The van der Waals surface area contributed by atoms with E-state index in [4.69, 9.17) is 4.74 Å². The Morgan fingerprint density at radius 3 is 2.71 bits per heavy atom. The average molecular weight is 281 g/mol. The van der Waals surface area contributed by atoms with E-state index in [2.05, 4.69) is 11.4 Å². The summed E-state index contributed by atoms with van der Waals surface area (Å²) in [7, 11) is 0. The minimum absolute atomic E-state index is 0.116. The molecule has 3 nitrogen and oxygen atoms in total. The van der Waals surface area contributed by atoms with Gasteiger partial charge in [-0.1, -0.05) is 24.3 Å². The van der Waals surface area contributed by atoms with E-state index in [0.717, 1.165) is 24.3 Å². The van der Waals surface area contributed by atoms with Crippen molar-refractivity contribution in [2.45, 2.75) is 19.4 Å². The smallest absolute Gasteiger partial charge is 0.184 e. The molecule has 0 bridgehead atoms. The van der Waals surface area contributed by atoms with E-state index in [9.17, 15) is 4.79 Å². The summed E-state index contributed by atoms with van der Waals surface area (Å²) >= 11 is 0. The Kier molecular flexibility index (Phi) is 4.02. The van der Waals surface area contributed by atoms with Crippen molar-refractivity contribution in [3.05, 3.63) is 65.2 Å². The van der Waals surface area contributed by atoms with Crippen LogP contribution < -0.4 is 10.1 Å². The van der Waals surface area contributed by atoms with Crippen LogP contribution in [0.4, 0.5) is 0 Å². The molecule has 0 aromatic heterocycles. The van der Waals surface area contributed by atoms with Crippen LogP contribution in [-0.4, -0.2) is 18.9 Å². The number of fused-ring (bicyclic) bond motifs is 1. The fourth-order valence-electron chi connectivity index (χ4n) is 2.79. The van der Waals surface area contributed by atoms with Crippen molar-refractivity contribution in [3.63, 3.8) is 0 Å². The molecule has 0 saturated carbocycles. The van der Waals surface area contributed by atoms with Crippen LogP contribution in [0.15, 0.2) is 48.5 Å². The Bertz CT molecular complexity index is 634. The van der Waals surface area contributed by atoms with E-state index in [1.165, 1.54) is 5.56 Å². The van der Waals surface area contributed by atoms with E-state index in [0.29, 0.717) is 12.2 Å². The van der Waals surface area contributed by atoms with E-state index < -0.39 is 0 Å². The lowest BCUT2D eigenvalue weighted by molar-refractivity contribution is 0.0939. The zero-order chi connectivity index (χ0) is 14.7. The molecule has 21 heavy (non-hydrogen) atoms. The summed E-state index contributed by atoms with van der Waals surface area (Å²) < 4.78 is 5.42. The first kappa shape index (κ1) is 13.8. The molecule has 0 radical (unpaired) electrons. The van der Waals surface area contributed by atoms with Crippen LogP contribution in [0.1, 0.15) is 34.5 Å². The second-order valence-electron chi connectivity index (χ2n) is 5.16. The Hall–Kier alpha value is -2.13. The fraction of sp³-hybridized carbons (Fsp3) is 0.278. The molecule has 1 atom stereocenters. The molecule has 1 unspecified atom stereocenters. The summed E-state index contributed by atoms with van der Waals surface area (Å²) in [5.41, 5.74) is 3.08. The highest BCUT2D eigenvalue weighted by Crippen LogP contribution is 2.26. The fourth-order valence-corrected chi connectivity index (χ4v) is 2.79. The third-order valence-corrected chi connectivity index (χ3v) is 3.82. The van der Waals surface area contributed by atoms with Gasteiger partial charge in [-0.05, 0) is 48.7 Å². The number of ether oxygens (including phenoxy) is 1. The van der Waals surface area contributed by atoms with Gasteiger partial charge in [-0.2, -0.15) is 0 Å². The van der Waals surface area contributed by atoms with Crippen LogP contribution in [0.5, 0.6) is 5.75 Å². The second-order valence-corrected chi connectivity index (χ2v) is 5.16. The molecular weight excluding hydrogens is 262 g/mol. The first-order valence-electron chi connectivity index (χ1n) is 7.38. The molecule has 3 heteroatoms. The molecule has 0 spiro atoms. The summed E-state index contributed by atoms with van der Waals surface area (Å²) in [6, 6.07) is 15.3. The van der Waals surface area contributed by atoms with Gasteiger partial charge < -0.3 is 10.1 Å². The van der Waals surface area contributed by atoms with Crippen molar-refractivity contribution in [2.75, 3.05) is 13.2 Å². The number of hydrogen-bond acceptors (Lipinski definition) is 3. The predicted molar refractivity (Wildman–Crippen MR) is 82.8 cm³/mol. The minimum atomic E-state index is -0.243. The minimum Gasteiger partial charge on any atom is -0.494 e. The van der Waals surface area contributed by atoms with Gasteiger partial charge in [0.05, 0.1) is 12.6 Å².